The molecule has 3 heteroatoms. The molecule has 1 saturated carbocycles. The number of nitrogens with one attached hydrogen (secondary N) is 1. The molecule has 1 fully saturated rings. The van der Waals surface area contributed by atoms with E-state index in [0.29, 0.717) is 12.1 Å². The summed E-state index contributed by atoms with van der Waals surface area (Å²) in [6.45, 7) is 2.21. The molecule has 0 aliphatic heterocycles. The molecule has 0 heterocycles. The third kappa shape index (κ3) is 4.96. The van der Waals surface area contributed by atoms with Gasteiger partial charge < -0.3 is 14.8 Å². The Labute approximate surface area is 93.5 Å². The zero-order valence-electron chi connectivity index (χ0n) is 10.3. The van der Waals surface area contributed by atoms with Crippen molar-refractivity contribution in [2.24, 2.45) is 0 Å². The minimum absolute atomic E-state index is 0.0731. The number of hydrogen-bond acceptors (Lipinski definition) is 3. The fourth-order valence-electron chi connectivity index (χ4n) is 2.32. The van der Waals surface area contributed by atoms with Crippen molar-refractivity contribution in [3.05, 3.63) is 0 Å². The molecule has 0 amide bonds. The first-order valence-corrected chi connectivity index (χ1v) is 6.08. The van der Waals surface area contributed by atoms with Crippen LogP contribution in [0.4, 0.5) is 0 Å². The summed E-state index contributed by atoms with van der Waals surface area (Å²) < 4.78 is 10.4. The highest BCUT2D eigenvalue weighted by Crippen LogP contribution is 2.18. The third-order valence-corrected chi connectivity index (χ3v) is 3.20. The van der Waals surface area contributed by atoms with Crippen molar-refractivity contribution in [2.75, 3.05) is 14.2 Å². The highest BCUT2D eigenvalue weighted by Gasteiger charge is 2.17. The van der Waals surface area contributed by atoms with Crippen LogP contribution in [0.15, 0.2) is 0 Å². The first-order chi connectivity index (χ1) is 7.26. The summed E-state index contributed by atoms with van der Waals surface area (Å²) in [6.07, 6.45) is 7.67. The average Bonchev–Trinajstić information content (AvgIpc) is 2.27. The summed E-state index contributed by atoms with van der Waals surface area (Å²) >= 11 is 0. The SMILES string of the molecule is COC(CC(C)NC1CCCCC1)OC. The first-order valence-electron chi connectivity index (χ1n) is 6.08. The molecule has 1 aliphatic rings. The van der Waals surface area contributed by atoms with Gasteiger partial charge in [0.15, 0.2) is 6.29 Å². The Morgan fingerprint density at radius 3 is 2.27 bits per heavy atom. The summed E-state index contributed by atoms with van der Waals surface area (Å²) in [5, 5.41) is 3.66. The van der Waals surface area contributed by atoms with Gasteiger partial charge in [0.25, 0.3) is 0 Å². The normalized spacial score (nSPS) is 20.8. The molecular formula is C12H25NO2. The third-order valence-electron chi connectivity index (χ3n) is 3.20. The molecule has 0 aromatic carbocycles. The lowest BCUT2D eigenvalue weighted by Crippen LogP contribution is -2.40. The number of rotatable bonds is 6. The highest BCUT2D eigenvalue weighted by atomic mass is 16.7. The van der Waals surface area contributed by atoms with Crippen LogP contribution in [0, 0.1) is 0 Å². The van der Waals surface area contributed by atoms with E-state index in [9.17, 15) is 0 Å². The second-order valence-corrected chi connectivity index (χ2v) is 4.54. The second-order valence-electron chi connectivity index (χ2n) is 4.54. The van der Waals surface area contributed by atoms with Crippen LogP contribution in [0.5, 0.6) is 0 Å². The molecule has 3 nitrogen and oxygen atoms in total. The van der Waals surface area contributed by atoms with E-state index in [1.54, 1.807) is 14.2 Å². The maximum Gasteiger partial charge on any atom is 0.158 e. The van der Waals surface area contributed by atoms with Gasteiger partial charge in [0.2, 0.25) is 0 Å². The maximum atomic E-state index is 5.20. The van der Waals surface area contributed by atoms with Crippen molar-refractivity contribution >= 4 is 0 Å². The molecule has 1 aliphatic carbocycles. The lowest BCUT2D eigenvalue weighted by atomic mass is 9.95. The molecule has 1 rings (SSSR count). The summed E-state index contributed by atoms with van der Waals surface area (Å²) in [4.78, 5) is 0. The van der Waals surface area contributed by atoms with E-state index < -0.39 is 0 Å². The second kappa shape index (κ2) is 7.20. The van der Waals surface area contributed by atoms with Gasteiger partial charge in [-0.05, 0) is 19.8 Å². The molecule has 0 bridgehead atoms. The Kier molecular flexibility index (Phi) is 6.22. The van der Waals surface area contributed by atoms with Crippen LogP contribution in [0.3, 0.4) is 0 Å². The molecule has 90 valence electrons. The fourth-order valence-corrected chi connectivity index (χ4v) is 2.32. The van der Waals surface area contributed by atoms with Crippen LogP contribution in [0.2, 0.25) is 0 Å². The first kappa shape index (κ1) is 12.9. The van der Waals surface area contributed by atoms with Gasteiger partial charge in [0, 0.05) is 32.7 Å². The van der Waals surface area contributed by atoms with Gasteiger partial charge in [-0.1, -0.05) is 19.3 Å². The number of methoxy groups -OCH3 is 2. The van der Waals surface area contributed by atoms with Crippen molar-refractivity contribution in [3.8, 4) is 0 Å². The van der Waals surface area contributed by atoms with Crippen LogP contribution in [0.1, 0.15) is 45.4 Å². The van der Waals surface area contributed by atoms with Crippen LogP contribution in [-0.4, -0.2) is 32.6 Å². The van der Waals surface area contributed by atoms with Gasteiger partial charge in [-0.3, -0.25) is 0 Å². The Morgan fingerprint density at radius 2 is 1.73 bits per heavy atom. The zero-order valence-corrected chi connectivity index (χ0v) is 10.3. The molecule has 15 heavy (non-hydrogen) atoms. The maximum absolute atomic E-state index is 5.20. The standard InChI is InChI=1S/C12H25NO2/c1-10(9-12(14-2)15-3)13-11-7-5-4-6-8-11/h10-13H,4-9H2,1-3H3. The highest BCUT2D eigenvalue weighted by molar-refractivity contribution is 4.75. The average molecular weight is 215 g/mol. The lowest BCUT2D eigenvalue weighted by molar-refractivity contribution is -0.110. The van der Waals surface area contributed by atoms with E-state index in [4.69, 9.17) is 9.47 Å². The quantitative estimate of drug-likeness (QED) is 0.690. The van der Waals surface area contributed by atoms with E-state index in [1.807, 2.05) is 0 Å². The van der Waals surface area contributed by atoms with E-state index in [1.165, 1.54) is 32.1 Å². The molecule has 1 atom stereocenters. The molecule has 1 N–H and O–H groups in total. The van der Waals surface area contributed by atoms with Gasteiger partial charge in [-0.25, -0.2) is 0 Å². The van der Waals surface area contributed by atoms with Crippen molar-refractivity contribution in [1.82, 2.24) is 5.32 Å². The van der Waals surface area contributed by atoms with Gasteiger partial charge in [-0.2, -0.15) is 0 Å². The number of hydrogen-bond donors (Lipinski definition) is 1. The van der Waals surface area contributed by atoms with Crippen LogP contribution in [0.25, 0.3) is 0 Å². The zero-order chi connectivity index (χ0) is 11.1. The molecule has 0 saturated heterocycles. The Hall–Kier alpha value is -0.120. The van der Waals surface area contributed by atoms with Gasteiger partial charge in [0.05, 0.1) is 0 Å². The van der Waals surface area contributed by atoms with Crippen LogP contribution < -0.4 is 5.32 Å². The minimum Gasteiger partial charge on any atom is -0.356 e. The Balaban J connectivity index is 2.18. The summed E-state index contributed by atoms with van der Waals surface area (Å²) in [5.74, 6) is 0. The van der Waals surface area contributed by atoms with Crippen molar-refractivity contribution in [1.29, 1.82) is 0 Å². The van der Waals surface area contributed by atoms with Crippen LogP contribution in [-0.2, 0) is 9.47 Å². The topological polar surface area (TPSA) is 30.5 Å². The Bertz CT molecular complexity index is 154. The number of ether oxygens (including phenoxy) is 2. The lowest BCUT2D eigenvalue weighted by Gasteiger charge is -2.28. The molecular weight excluding hydrogens is 190 g/mol. The predicted octanol–water partition coefficient (Wildman–Crippen LogP) is 2.31. The van der Waals surface area contributed by atoms with E-state index in [0.717, 1.165) is 6.42 Å². The van der Waals surface area contributed by atoms with Crippen molar-refractivity contribution in [2.45, 2.75) is 63.8 Å². The summed E-state index contributed by atoms with van der Waals surface area (Å²) in [7, 11) is 3.39. The molecule has 0 aromatic rings. The van der Waals surface area contributed by atoms with E-state index >= 15 is 0 Å². The van der Waals surface area contributed by atoms with Crippen molar-refractivity contribution in [3.63, 3.8) is 0 Å². The fraction of sp³-hybridized carbons (Fsp3) is 1.00. The van der Waals surface area contributed by atoms with E-state index in [2.05, 4.69) is 12.2 Å². The summed E-state index contributed by atoms with van der Waals surface area (Å²) in [5.41, 5.74) is 0. The monoisotopic (exact) mass is 215 g/mol. The molecule has 1 unspecified atom stereocenters. The predicted molar refractivity (Wildman–Crippen MR) is 61.9 cm³/mol. The van der Waals surface area contributed by atoms with Gasteiger partial charge >= 0.3 is 0 Å². The smallest absolute Gasteiger partial charge is 0.158 e. The van der Waals surface area contributed by atoms with Crippen LogP contribution >= 0.6 is 0 Å². The molecule has 0 aromatic heterocycles. The van der Waals surface area contributed by atoms with E-state index in [-0.39, 0.29) is 6.29 Å². The minimum atomic E-state index is -0.0731. The van der Waals surface area contributed by atoms with Crippen molar-refractivity contribution < 1.29 is 9.47 Å². The Morgan fingerprint density at radius 1 is 1.13 bits per heavy atom. The van der Waals surface area contributed by atoms with Gasteiger partial charge in [-0.15, -0.1) is 0 Å². The van der Waals surface area contributed by atoms with Gasteiger partial charge in [0.1, 0.15) is 0 Å². The largest absolute Gasteiger partial charge is 0.356 e. The molecule has 0 radical (unpaired) electrons. The molecule has 0 spiro atoms. The summed E-state index contributed by atoms with van der Waals surface area (Å²) in [6, 6.07) is 1.18.